The summed E-state index contributed by atoms with van der Waals surface area (Å²) < 4.78 is 32.5. The molecule has 2 heterocycles. The molecule has 3 amide bonds. The van der Waals surface area contributed by atoms with Gasteiger partial charge in [-0.15, -0.1) is 0 Å². The van der Waals surface area contributed by atoms with Crippen molar-refractivity contribution in [1.82, 2.24) is 15.1 Å². The summed E-state index contributed by atoms with van der Waals surface area (Å²) in [5, 5.41) is 2.64. The van der Waals surface area contributed by atoms with E-state index in [1.165, 1.54) is 29.2 Å². The number of hydrogen-bond donors (Lipinski definition) is 1. The minimum Gasteiger partial charge on any atom is -0.379 e. The Kier molecular flexibility index (Phi) is 6.80. The number of morpholine rings is 1. The number of benzene rings is 2. The molecular formula is C24H25F2N3O4. The summed E-state index contributed by atoms with van der Waals surface area (Å²) in [7, 11) is 0. The number of halogens is 2. The molecule has 0 saturated carbocycles. The monoisotopic (exact) mass is 457 g/mol. The zero-order chi connectivity index (χ0) is 23.5. The highest BCUT2D eigenvalue weighted by Crippen LogP contribution is 2.25. The summed E-state index contributed by atoms with van der Waals surface area (Å²) in [6, 6.07) is 6.75. The highest BCUT2D eigenvalue weighted by atomic mass is 19.1. The van der Waals surface area contributed by atoms with Crippen molar-refractivity contribution in [3.05, 3.63) is 70.3 Å². The zero-order valence-corrected chi connectivity index (χ0v) is 18.3. The summed E-state index contributed by atoms with van der Waals surface area (Å²) in [5.41, 5.74) is 0.767. The van der Waals surface area contributed by atoms with Crippen molar-refractivity contribution in [3.63, 3.8) is 0 Å². The van der Waals surface area contributed by atoms with Crippen LogP contribution >= 0.6 is 0 Å². The second-order valence-corrected chi connectivity index (χ2v) is 8.19. The molecule has 9 heteroatoms. The van der Waals surface area contributed by atoms with E-state index in [0.29, 0.717) is 26.2 Å². The van der Waals surface area contributed by atoms with Crippen LogP contribution in [0.15, 0.2) is 36.4 Å². The molecule has 2 aliphatic rings. The third kappa shape index (κ3) is 4.94. The Morgan fingerprint density at radius 3 is 2.48 bits per heavy atom. The first-order chi connectivity index (χ1) is 15.8. The van der Waals surface area contributed by atoms with Crippen molar-refractivity contribution in [2.45, 2.75) is 19.4 Å². The van der Waals surface area contributed by atoms with E-state index < -0.39 is 29.5 Å². The smallest absolute Gasteiger partial charge is 0.261 e. The molecule has 0 aromatic heterocycles. The van der Waals surface area contributed by atoms with E-state index in [4.69, 9.17) is 4.74 Å². The Morgan fingerprint density at radius 2 is 1.76 bits per heavy atom. The van der Waals surface area contributed by atoms with Crippen LogP contribution in [0.2, 0.25) is 0 Å². The van der Waals surface area contributed by atoms with Crippen molar-refractivity contribution in [2.24, 2.45) is 0 Å². The summed E-state index contributed by atoms with van der Waals surface area (Å²) in [6.07, 6.45) is 0.652. The molecule has 0 spiro atoms. The predicted molar refractivity (Wildman–Crippen MR) is 116 cm³/mol. The lowest BCUT2D eigenvalue weighted by atomic mass is 10.0. The molecule has 2 aromatic carbocycles. The van der Waals surface area contributed by atoms with Gasteiger partial charge in [0.2, 0.25) is 0 Å². The van der Waals surface area contributed by atoms with Crippen molar-refractivity contribution < 1.29 is 27.9 Å². The standard InChI is InChI=1S/C24H25F2N3O4/c1-15(18-6-4-17(25)14-21(18)26)27-22(30)16-3-5-19-20(13-16)24(32)29(23(19)31)8-2-7-28-9-11-33-12-10-28/h3-6,13-15H,2,7-12H2,1H3,(H,27,30)/t15-/m0/s1. The number of rotatable bonds is 7. The molecule has 2 aromatic rings. The van der Waals surface area contributed by atoms with E-state index in [2.05, 4.69) is 10.2 Å². The predicted octanol–water partition coefficient (Wildman–Crippen LogP) is 2.77. The Labute approximate surface area is 190 Å². The van der Waals surface area contributed by atoms with Crippen LogP contribution in [0.4, 0.5) is 8.78 Å². The number of imide groups is 1. The normalized spacial score (nSPS) is 17.2. The van der Waals surface area contributed by atoms with Crippen molar-refractivity contribution >= 4 is 17.7 Å². The number of carbonyl (C=O) groups excluding carboxylic acids is 3. The average molecular weight is 457 g/mol. The quantitative estimate of drug-likeness (QED) is 0.647. The lowest BCUT2D eigenvalue weighted by Gasteiger charge is -2.27. The van der Waals surface area contributed by atoms with E-state index in [0.717, 1.165) is 31.8 Å². The van der Waals surface area contributed by atoms with E-state index in [9.17, 15) is 23.2 Å². The highest BCUT2D eigenvalue weighted by Gasteiger charge is 2.35. The number of nitrogens with one attached hydrogen (secondary N) is 1. The topological polar surface area (TPSA) is 79.0 Å². The number of hydrogen-bond acceptors (Lipinski definition) is 5. The number of fused-ring (bicyclic) bond motifs is 1. The van der Waals surface area contributed by atoms with Gasteiger partial charge in [-0.25, -0.2) is 8.78 Å². The fourth-order valence-corrected chi connectivity index (χ4v) is 4.12. The van der Waals surface area contributed by atoms with Crippen LogP contribution in [0, 0.1) is 11.6 Å². The number of nitrogens with zero attached hydrogens (tertiary/aromatic N) is 2. The van der Waals surface area contributed by atoms with Crippen LogP contribution in [0.5, 0.6) is 0 Å². The molecule has 2 aliphatic heterocycles. The van der Waals surface area contributed by atoms with Gasteiger partial charge in [0, 0.05) is 43.4 Å². The number of ether oxygens (including phenoxy) is 1. The molecule has 4 rings (SSSR count). The highest BCUT2D eigenvalue weighted by molar-refractivity contribution is 6.22. The van der Waals surface area contributed by atoms with Gasteiger partial charge in [-0.1, -0.05) is 6.07 Å². The average Bonchev–Trinajstić information content (AvgIpc) is 3.04. The molecule has 0 bridgehead atoms. The second-order valence-electron chi connectivity index (χ2n) is 8.19. The van der Waals surface area contributed by atoms with Gasteiger partial charge in [-0.05, 0) is 37.6 Å². The van der Waals surface area contributed by atoms with Crippen LogP contribution in [0.1, 0.15) is 56.0 Å². The number of amides is 3. The third-order valence-corrected chi connectivity index (χ3v) is 5.97. The summed E-state index contributed by atoms with van der Waals surface area (Å²) in [6.45, 7) is 5.68. The van der Waals surface area contributed by atoms with Gasteiger partial charge in [0.1, 0.15) is 11.6 Å². The first-order valence-corrected chi connectivity index (χ1v) is 10.9. The third-order valence-electron chi connectivity index (χ3n) is 5.97. The van der Waals surface area contributed by atoms with E-state index in [1.807, 2.05) is 0 Å². The molecule has 0 unspecified atom stereocenters. The Hall–Kier alpha value is -3.17. The van der Waals surface area contributed by atoms with Gasteiger partial charge in [-0.3, -0.25) is 24.2 Å². The molecule has 33 heavy (non-hydrogen) atoms. The minimum absolute atomic E-state index is 0.142. The van der Waals surface area contributed by atoms with Crippen LogP contribution in [0.3, 0.4) is 0 Å². The molecule has 1 fully saturated rings. The van der Waals surface area contributed by atoms with E-state index in [1.54, 1.807) is 6.92 Å². The molecule has 0 aliphatic carbocycles. The largest absolute Gasteiger partial charge is 0.379 e. The van der Waals surface area contributed by atoms with E-state index >= 15 is 0 Å². The first-order valence-electron chi connectivity index (χ1n) is 10.9. The van der Waals surface area contributed by atoms with E-state index in [-0.39, 0.29) is 28.2 Å². The van der Waals surface area contributed by atoms with Crippen molar-refractivity contribution in [3.8, 4) is 0 Å². The maximum Gasteiger partial charge on any atom is 0.261 e. The maximum absolute atomic E-state index is 14.0. The lowest BCUT2D eigenvalue weighted by molar-refractivity contribution is 0.0355. The summed E-state index contributed by atoms with van der Waals surface area (Å²) >= 11 is 0. The van der Waals surface area contributed by atoms with Crippen LogP contribution in [-0.4, -0.2) is 66.9 Å². The lowest BCUT2D eigenvalue weighted by Crippen LogP contribution is -2.39. The summed E-state index contributed by atoms with van der Waals surface area (Å²) in [5.74, 6) is -2.79. The maximum atomic E-state index is 14.0. The van der Waals surface area contributed by atoms with Gasteiger partial charge >= 0.3 is 0 Å². The Balaban J connectivity index is 1.40. The zero-order valence-electron chi connectivity index (χ0n) is 18.3. The van der Waals surface area contributed by atoms with Crippen LogP contribution in [0.25, 0.3) is 0 Å². The molecular weight excluding hydrogens is 432 g/mol. The molecule has 1 saturated heterocycles. The molecule has 174 valence electrons. The fraction of sp³-hybridized carbons (Fsp3) is 0.375. The van der Waals surface area contributed by atoms with Gasteiger partial charge in [0.05, 0.1) is 30.4 Å². The SMILES string of the molecule is C[C@H](NC(=O)c1ccc2c(c1)C(=O)N(CCCN1CCOCC1)C2=O)c1ccc(F)cc1F. The minimum atomic E-state index is -0.759. The molecule has 0 radical (unpaired) electrons. The first kappa shape index (κ1) is 23.0. The van der Waals surface area contributed by atoms with Gasteiger partial charge in [0.15, 0.2) is 0 Å². The summed E-state index contributed by atoms with van der Waals surface area (Å²) in [4.78, 5) is 41.7. The van der Waals surface area contributed by atoms with Crippen LogP contribution < -0.4 is 5.32 Å². The Bertz CT molecular complexity index is 1090. The van der Waals surface area contributed by atoms with Crippen molar-refractivity contribution in [1.29, 1.82) is 0 Å². The van der Waals surface area contributed by atoms with Crippen molar-refractivity contribution in [2.75, 3.05) is 39.4 Å². The van der Waals surface area contributed by atoms with Gasteiger partial charge in [0.25, 0.3) is 17.7 Å². The molecule has 7 nitrogen and oxygen atoms in total. The van der Waals surface area contributed by atoms with Crippen LogP contribution in [-0.2, 0) is 4.74 Å². The Morgan fingerprint density at radius 1 is 1.03 bits per heavy atom. The van der Waals surface area contributed by atoms with Gasteiger partial charge < -0.3 is 10.1 Å². The fourth-order valence-electron chi connectivity index (χ4n) is 4.12. The number of carbonyl (C=O) groups is 3. The van der Waals surface area contributed by atoms with Gasteiger partial charge in [-0.2, -0.15) is 0 Å². The molecule has 1 N–H and O–H groups in total. The molecule has 1 atom stereocenters. The second kappa shape index (κ2) is 9.76.